The van der Waals surface area contributed by atoms with Gasteiger partial charge in [0.15, 0.2) is 5.69 Å². The Morgan fingerprint density at radius 3 is 2.67 bits per heavy atom. The van der Waals surface area contributed by atoms with Crippen molar-refractivity contribution in [1.82, 2.24) is 30.7 Å². The van der Waals surface area contributed by atoms with Gasteiger partial charge in [-0.3, -0.25) is 14.9 Å². The van der Waals surface area contributed by atoms with Gasteiger partial charge in [0.2, 0.25) is 11.6 Å². The van der Waals surface area contributed by atoms with Crippen LogP contribution in [0.3, 0.4) is 0 Å². The molecule has 0 atom stereocenters. The minimum Gasteiger partial charge on any atom is -0.378 e. The molecule has 1 amide bonds. The Morgan fingerprint density at radius 1 is 1.27 bits per heavy atom. The number of hydrazone groups is 1. The van der Waals surface area contributed by atoms with Crippen LogP contribution in [-0.4, -0.2) is 42.4 Å². The molecule has 0 unspecified atom stereocenters. The fraction of sp³-hybridized carbons (Fsp3) is 0. The van der Waals surface area contributed by atoms with Crippen LogP contribution >= 0.6 is 15.9 Å². The van der Waals surface area contributed by atoms with Gasteiger partial charge in [-0.1, -0.05) is 11.3 Å². The molecule has 3 N–H and O–H groups in total. The number of anilines is 1. The average molecular weight is 516 g/mol. The van der Waals surface area contributed by atoms with E-state index < -0.39 is 16.6 Å². The molecular formula is C18H11BrFN9O4. The maximum Gasteiger partial charge on any atom is 0.292 e. The highest BCUT2D eigenvalue weighted by Crippen LogP contribution is 2.26. The molecule has 0 aliphatic rings. The minimum atomic E-state index is -0.756. The third-order valence-electron chi connectivity index (χ3n) is 4.26. The molecule has 13 nitrogen and oxygen atoms in total. The molecule has 0 bridgehead atoms. The molecule has 33 heavy (non-hydrogen) atoms. The van der Waals surface area contributed by atoms with E-state index >= 15 is 0 Å². The van der Waals surface area contributed by atoms with Crippen LogP contribution in [0.5, 0.6) is 0 Å². The summed E-state index contributed by atoms with van der Waals surface area (Å²) >= 11 is 3.07. The number of amides is 1. The summed E-state index contributed by atoms with van der Waals surface area (Å²) in [6.07, 6.45) is 1.30. The number of nitrogen functional groups attached to an aromatic ring is 1. The van der Waals surface area contributed by atoms with Gasteiger partial charge >= 0.3 is 0 Å². The smallest absolute Gasteiger partial charge is 0.292 e. The third kappa shape index (κ3) is 4.42. The number of non-ortho nitro benzene ring substituents is 1. The van der Waals surface area contributed by atoms with Crippen molar-refractivity contribution in [1.29, 1.82) is 0 Å². The summed E-state index contributed by atoms with van der Waals surface area (Å²) in [5.41, 5.74) is 8.71. The number of carbonyl (C=O) groups excluding carboxylic acids is 1. The van der Waals surface area contributed by atoms with Crippen molar-refractivity contribution in [3.63, 3.8) is 0 Å². The predicted octanol–water partition coefficient (Wildman–Crippen LogP) is 2.47. The third-order valence-corrected chi connectivity index (χ3v) is 4.86. The maximum atomic E-state index is 13.4. The Bertz CT molecular complexity index is 1380. The minimum absolute atomic E-state index is 0.0736. The lowest BCUT2D eigenvalue weighted by atomic mass is 10.1. The van der Waals surface area contributed by atoms with Crippen molar-refractivity contribution in [3.05, 3.63) is 74.1 Å². The van der Waals surface area contributed by atoms with Gasteiger partial charge in [-0.2, -0.15) is 9.78 Å². The van der Waals surface area contributed by atoms with Crippen LogP contribution in [-0.2, 0) is 0 Å². The fourth-order valence-electron chi connectivity index (χ4n) is 2.72. The standard InChI is InChI=1S/C18H11BrFN9O4/c19-12-7-9(1-6-13(12)20)8-22-24-18(30)15-14(10-2-4-11(5-3-10)29(31)32)23-27-28(15)17-16(21)25-33-26-17/h1-8H,(H2,21,25)(H,24,30)/b22-8-. The average Bonchev–Trinajstić information content (AvgIpc) is 3.42. The van der Waals surface area contributed by atoms with E-state index in [1.54, 1.807) is 0 Å². The molecule has 4 rings (SSSR count). The Labute approximate surface area is 191 Å². The number of rotatable bonds is 6. The molecule has 4 aromatic rings. The van der Waals surface area contributed by atoms with Crippen LogP contribution in [0.4, 0.5) is 15.9 Å². The van der Waals surface area contributed by atoms with E-state index in [4.69, 9.17) is 5.73 Å². The van der Waals surface area contributed by atoms with Gasteiger partial charge in [-0.05, 0) is 56.1 Å². The molecule has 0 spiro atoms. The number of halogens is 2. The van der Waals surface area contributed by atoms with Crippen molar-refractivity contribution < 1.29 is 18.7 Å². The Balaban J connectivity index is 1.69. The summed E-state index contributed by atoms with van der Waals surface area (Å²) in [7, 11) is 0. The summed E-state index contributed by atoms with van der Waals surface area (Å²) in [5.74, 6) is -1.44. The lowest BCUT2D eigenvalue weighted by Crippen LogP contribution is -2.22. The zero-order valence-electron chi connectivity index (χ0n) is 16.2. The fourth-order valence-corrected chi connectivity index (χ4v) is 3.11. The lowest BCUT2D eigenvalue weighted by Gasteiger charge is -2.05. The monoisotopic (exact) mass is 515 g/mol. The summed E-state index contributed by atoms with van der Waals surface area (Å²) in [4.78, 5) is 23.4. The van der Waals surface area contributed by atoms with Gasteiger partial charge in [-0.15, -0.1) is 5.10 Å². The molecular weight excluding hydrogens is 505 g/mol. The molecule has 0 aliphatic carbocycles. The normalized spacial score (nSPS) is 11.1. The summed E-state index contributed by atoms with van der Waals surface area (Å²) in [6.45, 7) is 0. The number of carbonyl (C=O) groups is 1. The number of nitrogens with one attached hydrogen (secondary N) is 1. The van der Waals surface area contributed by atoms with Crippen molar-refractivity contribution in [2.24, 2.45) is 5.10 Å². The molecule has 2 heterocycles. The van der Waals surface area contributed by atoms with Crippen LogP contribution in [0.1, 0.15) is 16.1 Å². The van der Waals surface area contributed by atoms with E-state index in [0.717, 1.165) is 4.68 Å². The van der Waals surface area contributed by atoms with Crippen molar-refractivity contribution in [3.8, 4) is 17.1 Å². The molecule has 15 heteroatoms. The first-order valence-corrected chi connectivity index (χ1v) is 9.72. The van der Waals surface area contributed by atoms with Crippen LogP contribution < -0.4 is 11.2 Å². The van der Waals surface area contributed by atoms with Crippen LogP contribution in [0.15, 0.2) is 56.7 Å². The highest BCUT2D eigenvalue weighted by molar-refractivity contribution is 9.10. The first-order valence-electron chi connectivity index (χ1n) is 8.92. The molecule has 0 radical (unpaired) electrons. The molecule has 0 fully saturated rings. The van der Waals surface area contributed by atoms with Crippen molar-refractivity contribution >= 4 is 39.6 Å². The topological polar surface area (TPSA) is 180 Å². The number of hydrogen-bond acceptors (Lipinski definition) is 10. The number of hydrogen-bond donors (Lipinski definition) is 2. The van der Waals surface area contributed by atoms with Crippen LogP contribution in [0.25, 0.3) is 17.1 Å². The Kier molecular flexibility index (Phi) is 5.86. The molecule has 0 saturated heterocycles. The van der Waals surface area contributed by atoms with E-state index in [9.17, 15) is 19.3 Å². The van der Waals surface area contributed by atoms with E-state index in [2.05, 4.69) is 51.7 Å². The Hall–Kier alpha value is -4.53. The molecule has 0 saturated carbocycles. The van der Waals surface area contributed by atoms with Gasteiger partial charge < -0.3 is 5.73 Å². The number of nitrogens with zero attached hydrogens (tertiary/aromatic N) is 7. The Morgan fingerprint density at radius 2 is 2.03 bits per heavy atom. The van der Waals surface area contributed by atoms with Gasteiger partial charge in [0.05, 0.1) is 15.6 Å². The van der Waals surface area contributed by atoms with Gasteiger partial charge in [0.1, 0.15) is 11.5 Å². The second-order valence-corrected chi connectivity index (χ2v) is 7.20. The van der Waals surface area contributed by atoms with E-state index in [-0.39, 0.29) is 33.2 Å². The SMILES string of the molecule is Nc1nonc1-n1nnc(-c2ccc([N+](=O)[O-])cc2)c1C(=O)N/N=C\c1ccc(F)c(Br)c1. The largest absolute Gasteiger partial charge is 0.378 e. The molecule has 166 valence electrons. The summed E-state index contributed by atoms with van der Waals surface area (Å²) < 4.78 is 19.2. The molecule has 2 aromatic heterocycles. The van der Waals surface area contributed by atoms with Crippen molar-refractivity contribution in [2.45, 2.75) is 0 Å². The number of nitro benzene ring substituents is 1. The van der Waals surface area contributed by atoms with Gasteiger partial charge in [-0.25, -0.2) is 14.4 Å². The zero-order valence-corrected chi connectivity index (χ0v) is 17.8. The number of benzene rings is 2. The lowest BCUT2D eigenvalue weighted by molar-refractivity contribution is -0.384. The number of nitrogens with two attached hydrogens (primary N) is 1. The second kappa shape index (κ2) is 8.91. The highest BCUT2D eigenvalue weighted by Gasteiger charge is 2.26. The first kappa shape index (κ1) is 21.7. The molecule has 0 aliphatic heterocycles. The van der Waals surface area contributed by atoms with Crippen molar-refractivity contribution in [2.75, 3.05) is 5.73 Å². The highest BCUT2D eigenvalue weighted by atomic mass is 79.9. The summed E-state index contributed by atoms with van der Waals surface area (Å²) in [6, 6.07) is 9.50. The number of aromatic nitrogens is 5. The van der Waals surface area contributed by atoms with Crippen LogP contribution in [0.2, 0.25) is 0 Å². The number of nitro groups is 1. The first-order chi connectivity index (χ1) is 15.8. The van der Waals surface area contributed by atoms with Crippen LogP contribution in [0, 0.1) is 15.9 Å². The predicted molar refractivity (Wildman–Crippen MR) is 115 cm³/mol. The molecule has 2 aromatic carbocycles. The quantitative estimate of drug-likeness (QED) is 0.221. The summed E-state index contributed by atoms with van der Waals surface area (Å²) in [5, 5.41) is 29.7. The van der Waals surface area contributed by atoms with Gasteiger partial charge in [0.25, 0.3) is 11.6 Å². The second-order valence-electron chi connectivity index (χ2n) is 6.35. The van der Waals surface area contributed by atoms with E-state index in [1.165, 1.54) is 48.7 Å². The van der Waals surface area contributed by atoms with E-state index in [1.807, 2.05) is 0 Å². The zero-order chi connectivity index (χ0) is 23.5. The maximum absolute atomic E-state index is 13.4. The van der Waals surface area contributed by atoms with E-state index in [0.29, 0.717) is 11.1 Å². The van der Waals surface area contributed by atoms with Gasteiger partial charge in [0, 0.05) is 17.7 Å².